The van der Waals surface area contributed by atoms with Gasteiger partial charge in [-0.2, -0.15) is 0 Å². The topological polar surface area (TPSA) is 17.0 Å². The number of fused-ring (bicyclic) bond motifs is 1. The van der Waals surface area contributed by atoms with Gasteiger partial charge in [-0.1, -0.05) is 31.9 Å². The third-order valence-electron chi connectivity index (χ3n) is 4.40. The Hall–Kier alpha value is -1.28. The fraction of sp³-hybridized carbons (Fsp3) is 0.529. The van der Waals surface area contributed by atoms with Crippen molar-refractivity contribution in [2.24, 2.45) is 5.92 Å². The molecule has 0 radical (unpaired) electrons. The Morgan fingerprint density at radius 2 is 2.05 bits per heavy atom. The first-order valence-electron chi connectivity index (χ1n) is 7.66. The number of rotatable bonds is 5. The molecule has 2 aromatic rings. The van der Waals surface area contributed by atoms with E-state index in [0.717, 1.165) is 19.0 Å². The highest BCUT2D eigenvalue weighted by atomic mass is 15.0. The zero-order valence-electron chi connectivity index (χ0n) is 11.9. The molecule has 1 aliphatic carbocycles. The summed E-state index contributed by atoms with van der Waals surface area (Å²) in [6.45, 7) is 5.36. The van der Waals surface area contributed by atoms with Crippen LogP contribution in [0, 0.1) is 5.92 Å². The smallest absolute Gasteiger partial charge is 0.0483 e. The second kappa shape index (κ2) is 5.79. The second-order valence-electron chi connectivity index (χ2n) is 5.75. The van der Waals surface area contributed by atoms with Gasteiger partial charge >= 0.3 is 0 Å². The zero-order valence-corrected chi connectivity index (χ0v) is 11.9. The van der Waals surface area contributed by atoms with Gasteiger partial charge < -0.3 is 9.88 Å². The summed E-state index contributed by atoms with van der Waals surface area (Å²) in [5.41, 5.74) is 2.83. The summed E-state index contributed by atoms with van der Waals surface area (Å²) in [4.78, 5) is 0. The molecule has 1 aliphatic rings. The van der Waals surface area contributed by atoms with Crippen LogP contribution in [0.3, 0.4) is 0 Å². The number of hydrogen-bond donors (Lipinski definition) is 1. The molecule has 3 rings (SSSR count). The van der Waals surface area contributed by atoms with Gasteiger partial charge in [0.1, 0.15) is 0 Å². The van der Waals surface area contributed by atoms with E-state index in [0.29, 0.717) is 0 Å². The van der Waals surface area contributed by atoms with E-state index in [9.17, 15) is 0 Å². The van der Waals surface area contributed by atoms with Crippen molar-refractivity contribution in [3.05, 3.63) is 36.0 Å². The van der Waals surface area contributed by atoms with E-state index in [1.807, 2.05) is 0 Å². The van der Waals surface area contributed by atoms with Gasteiger partial charge in [-0.25, -0.2) is 0 Å². The van der Waals surface area contributed by atoms with E-state index in [2.05, 4.69) is 47.3 Å². The van der Waals surface area contributed by atoms with Crippen molar-refractivity contribution in [1.82, 2.24) is 9.88 Å². The molecule has 19 heavy (non-hydrogen) atoms. The van der Waals surface area contributed by atoms with Crippen LogP contribution in [-0.2, 0) is 13.1 Å². The molecule has 0 spiro atoms. The second-order valence-corrected chi connectivity index (χ2v) is 5.75. The van der Waals surface area contributed by atoms with Crippen molar-refractivity contribution in [3.8, 4) is 0 Å². The minimum Gasteiger partial charge on any atom is -0.347 e. The maximum atomic E-state index is 3.43. The van der Waals surface area contributed by atoms with Gasteiger partial charge in [0, 0.05) is 30.2 Å². The average Bonchev–Trinajstić information content (AvgIpc) is 3.07. The fourth-order valence-electron chi connectivity index (χ4n) is 3.33. The maximum Gasteiger partial charge on any atom is 0.0483 e. The lowest BCUT2D eigenvalue weighted by atomic mass is 10.1. The van der Waals surface area contributed by atoms with E-state index in [4.69, 9.17) is 0 Å². The summed E-state index contributed by atoms with van der Waals surface area (Å²) in [7, 11) is 0. The van der Waals surface area contributed by atoms with Crippen LogP contribution >= 0.6 is 0 Å². The molecule has 0 saturated heterocycles. The predicted octanol–water partition coefficient (Wildman–Crippen LogP) is 3.94. The zero-order chi connectivity index (χ0) is 13.1. The van der Waals surface area contributed by atoms with Crippen LogP contribution in [0.4, 0.5) is 0 Å². The summed E-state index contributed by atoms with van der Waals surface area (Å²) >= 11 is 0. The van der Waals surface area contributed by atoms with Gasteiger partial charge in [-0.05, 0) is 43.0 Å². The van der Waals surface area contributed by atoms with E-state index in [-0.39, 0.29) is 0 Å². The fourth-order valence-corrected chi connectivity index (χ4v) is 3.33. The van der Waals surface area contributed by atoms with Crippen LogP contribution in [0.2, 0.25) is 0 Å². The molecule has 1 aromatic heterocycles. The van der Waals surface area contributed by atoms with E-state index >= 15 is 0 Å². The summed E-state index contributed by atoms with van der Waals surface area (Å²) in [5, 5.41) is 4.85. The highest BCUT2D eigenvalue weighted by Gasteiger charge is 2.16. The number of hydrogen-bond acceptors (Lipinski definition) is 1. The van der Waals surface area contributed by atoms with E-state index < -0.39 is 0 Å². The molecule has 0 atom stereocenters. The van der Waals surface area contributed by atoms with Gasteiger partial charge in [0.05, 0.1) is 0 Å². The Balaban J connectivity index is 1.85. The lowest BCUT2D eigenvalue weighted by Crippen LogP contribution is -2.12. The van der Waals surface area contributed by atoms with Crippen LogP contribution in [-0.4, -0.2) is 11.1 Å². The minimum atomic E-state index is 0.896. The third-order valence-corrected chi connectivity index (χ3v) is 4.40. The number of aromatic nitrogens is 1. The summed E-state index contributed by atoms with van der Waals surface area (Å²) in [6, 6.07) is 8.99. The van der Waals surface area contributed by atoms with Gasteiger partial charge in [0.25, 0.3) is 0 Å². The Bertz CT molecular complexity index is 535. The minimum absolute atomic E-state index is 0.896. The molecule has 1 N–H and O–H groups in total. The first-order chi connectivity index (χ1) is 9.38. The van der Waals surface area contributed by atoms with Crippen molar-refractivity contribution >= 4 is 10.9 Å². The Morgan fingerprint density at radius 1 is 1.21 bits per heavy atom. The van der Waals surface area contributed by atoms with Crippen molar-refractivity contribution in [1.29, 1.82) is 0 Å². The van der Waals surface area contributed by atoms with Crippen LogP contribution in [0.25, 0.3) is 10.9 Å². The normalized spacial score (nSPS) is 16.5. The molecule has 0 bridgehead atoms. The van der Waals surface area contributed by atoms with E-state index in [1.54, 1.807) is 0 Å². The van der Waals surface area contributed by atoms with Crippen molar-refractivity contribution in [2.45, 2.75) is 45.7 Å². The summed E-state index contributed by atoms with van der Waals surface area (Å²) in [5.74, 6) is 0.896. The highest BCUT2D eigenvalue weighted by molar-refractivity contribution is 5.83. The van der Waals surface area contributed by atoms with Crippen LogP contribution in [0.1, 0.15) is 38.2 Å². The van der Waals surface area contributed by atoms with E-state index in [1.165, 1.54) is 48.7 Å². The van der Waals surface area contributed by atoms with Crippen LogP contribution in [0.5, 0.6) is 0 Å². The van der Waals surface area contributed by atoms with Gasteiger partial charge in [0.15, 0.2) is 0 Å². The Labute approximate surface area is 115 Å². The molecule has 2 nitrogen and oxygen atoms in total. The predicted molar refractivity (Wildman–Crippen MR) is 81.3 cm³/mol. The highest BCUT2D eigenvalue weighted by Crippen LogP contribution is 2.28. The molecule has 0 unspecified atom stereocenters. The number of nitrogens with zero attached hydrogens (tertiary/aromatic N) is 1. The molecule has 1 saturated carbocycles. The molecule has 2 heteroatoms. The van der Waals surface area contributed by atoms with Gasteiger partial charge in [0.2, 0.25) is 0 Å². The summed E-state index contributed by atoms with van der Waals surface area (Å²) in [6.07, 6.45) is 7.96. The Kier molecular flexibility index (Phi) is 3.88. The number of nitrogens with one attached hydrogen (secondary N) is 1. The quantitative estimate of drug-likeness (QED) is 0.857. The molecular weight excluding hydrogens is 232 g/mol. The maximum absolute atomic E-state index is 3.43. The van der Waals surface area contributed by atoms with Crippen molar-refractivity contribution in [3.63, 3.8) is 0 Å². The lowest BCUT2D eigenvalue weighted by molar-refractivity contribution is 0.466. The first-order valence-corrected chi connectivity index (χ1v) is 7.66. The van der Waals surface area contributed by atoms with Crippen LogP contribution in [0.15, 0.2) is 30.5 Å². The monoisotopic (exact) mass is 256 g/mol. The molecule has 0 amide bonds. The molecule has 1 heterocycles. The lowest BCUT2D eigenvalue weighted by Gasteiger charge is -2.12. The summed E-state index contributed by atoms with van der Waals surface area (Å²) < 4.78 is 2.46. The van der Waals surface area contributed by atoms with Crippen molar-refractivity contribution in [2.75, 3.05) is 6.54 Å². The Morgan fingerprint density at radius 3 is 2.84 bits per heavy atom. The molecule has 1 fully saturated rings. The van der Waals surface area contributed by atoms with Gasteiger partial charge in [-0.15, -0.1) is 0 Å². The standard InChI is InChI=1S/C17H24N2/c1-2-18-12-15-8-5-9-17-16(15)10-11-19(17)13-14-6-3-4-7-14/h5,8-11,14,18H,2-4,6-7,12-13H2,1H3. The third kappa shape index (κ3) is 2.69. The largest absolute Gasteiger partial charge is 0.347 e. The molecule has 0 aliphatic heterocycles. The molecule has 1 aromatic carbocycles. The molecule has 102 valence electrons. The number of benzene rings is 1. The van der Waals surface area contributed by atoms with Crippen molar-refractivity contribution < 1.29 is 0 Å². The SMILES string of the molecule is CCNCc1cccc2c1ccn2CC1CCCC1. The average molecular weight is 256 g/mol. The van der Waals surface area contributed by atoms with Gasteiger partial charge in [-0.3, -0.25) is 0 Å². The first kappa shape index (κ1) is 12.7. The van der Waals surface area contributed by atoms with Crippen LogP contribution < -0.4 is 5.32 Å². The molecular formula is C17H24N2.